The summed E-state index contributed by atoms with van der Waals surface area (Å²) in [6.07, 6.45) is 1.54. The molecule has 4 rings (SSSR count). The van der Waals surface area contributed by atoms with Crippen LogP contribution < -0.4 is 0 Å². The van der Waals surface area contributed by atoms with Crippen LogP contribution in [0.25, 0.3) is 0 Å². The third-order valence-corrected chi connectivity index (χ3v) is 5.74. The Kier molecular flexibility index (Phi) is 6.36. The van der Waals surface area contributed by atoms with Crippen molar-refractivity contribution in [2.24, 2.45) is 0 Å². The van der Waals surface area contributed by atoms with E-state index in [1.54, 1.807) is 0 Å². The van der Waals surface area contributed by atoms with Gasteiger partial charge in [-0.25, -0.2) is 9.18 Å². The molecule has 4 amide bonds. The Morgan fingerprint density at radius 1 is 1.00 bits per heavy atom. The molecule has 0 bridgehead atoms. The van der Waals surface area contributed by atoms with E-state index in [2.05, 4.69) is 6.58 Å². The third kappa shape index (κ3) is 4.24. The summed E-state index contributed by atoms with van der Waals surface area (Å²) in [7, 11) is 0. The zero-order chi connectivity index (χ0) is 24.4. The van der Waals surface area contributed by atoms with E-state index in [1.807, 2.05) is 0 Å². The lowest BCUT2D eigenvalue weighted by Gasteiger charge is -2.22. The van der Waals surface area contributed by atoms with Gasteiger partial charge in [-0.3, -0.25) is 29.0 Å². The van der Waals surface area contributed by atoms with Crippen molar-refractivity contribution >= 4 is 29.6 Å². The topological polar surface area (TPSA) is 101 Å². The fraction of sp³-hybridized carbons (Fsp3) is 0.240. The molecular formula is C25H21FN2O6. The molecule has 2 aliphatic rings. The Balaban J connectivity index is 1.51. The van der Waals surface area contributed by atoms with E-state index in [4.69, 9.17) is 4.74 Å². The van der Waals surface area contributed by atoms with Crippen molar-refractivity contribution in [2.45, 2.75) is 25.4 Å². The molecule has 2 aromatic carbocycles. The Labute approximate surface area is 194 Å². The minimum Gasteiger partial charge on any atom is -0.449 e. The molecule has 1 fully saturated rings. The molecule has 0 spiro atoms. The fourth-order valence-corrected chi connectivity index (χ4v) is 3.98. The Bertz CT molecular complexity index is 1210. The van der Waals surface area contributed by atoms with Crippen LogP contribution in [0.15, 0.2) is 55.1 Å². The van der Waals surface area contributed by atoms with Gasteiger partial charge in [0, 0.05) is 18.7 Å². The molecule has 1 saturated heterocycles. The van der Waals surface area contributed by atoms with Crippen molar-refractivity contribution in [2.75, 3.05) is 13.1 Å². The molecule has 0 saturated carbocycles. The van der Waals surface area contributed by atoms with Gasteiger partial charge in [0.1, 0.15) is 5.82 Å². The van der Waals surface area contributed by atoms with Crippen LogP contribution in [-0.2, 0) is 9.53 Å². The minimum atomic E-state index is -1.19. The van der Waals surface area contributed by atoms with Gasteiger partial charge in [0.05, 0.1) is 16.7 Å². The first kappa shape index (κ1) is 23.0. The van der Waals surface area contributed by atoms with Crippen LogP contribution in [0.3, 0.4) is 0 Å². The number of benzene rings is 2. The molecule has 1 unspecified atom stereocenters. The van der Waals surface area contributed by atoms with Crippen LogP contribution in [0, 0.1) is 5.82 Å². The Morgan fingerprint density at radius 2 is 1.68 bits per heavy atom. The zero-order valence-electron chi connectivity index (χ0n) is 18.2. The van der Waals surface area contributed by atoms with E-state index in [1.165, 1.54) is 36.4 Å². The summed E-state index contributed by atoms with van der Waals surface area (Å²) in [5.74, 6) is -3.64. The molecule has 0 radical (unpaired) electrons. The molecule has 8 nitrogen and oxygen atoms in total. The molecule has 34 heavy (non-hydrogen) atoms. The molecular weight excluding hydrogens is 443 g/mol. The van der Waals surface area contributed by atoms with Gasteiger partial charge >= 0.3 is 5.97 Å². The monoisotopic (exact) mass is 464 g/mol. The summed E-state index contributed by atoms with van der Waals surface area (Å²) in [4.78, 5) is 65.5. The molecule has 2 aromatic rings. The van der Waals surface area contributed by atoms with Gasteiger partial charge in [0.2, 0.25) is 0 Å². The van der Waals surface area contributed by atoms with Gasteiger partial charge in [0.25, 0.3) is 23.6 Å². The lowest BCUT2D eigenvalue weighted by atomic mass is 10.1. The number of ether oxygens (including phenoxy) is 1. The Morgan fingerprint density at radius 3 is 2.38 bits per heavy atom. The summed E-state index contributed by atoms with van der Waals surface area (Å²) in [5, 5.41) is 0. The van der Waals surface area contributed by atoms with Crippen LogP contribution >= 0.6 is 0 Å². The average molecular weight is 464 g/mol. The molecule has 0 aromatic heterocycles. The standard InChI is InChI=1S/C25H21FN2O6/c1-2-12-27-22(30)18-11-8-16(14-19(18)23(27)31)25(33)34-20-5-3-4-13-28(24(20)32)21(29)15-6-9-17(26)10-7-15/h2,6-11,14,20H,1,3-5,12-13H2. The molecule has 0 N–H and O–H groups in total. The fourth-order valence-electron chi connectivity index (χ4n) is 3.98. The van der Waals surface area contributed by atoms with E-state index in [0.29, 0.717) is 12.8 Å². The van der Waals surface area contributed by atoms with Crippen LogP contribution in [0.5, 0.6) is 0 Å². The number of esters is 1. The first-order chi connectivity index (χ1) is 16.3. The molecule has 0 aliphatic carbocycles. The van der Waals surface area contributed by atoms with Crippen molar-refractivity contribution in [3.05, 3.63) is 83.2 Å². The molecule has 1 atom stereocenters. The molecule has 9 heteroatoms. The number of imide groups is 2. The highest BCUT2D eigenvalue weighted by molar-refractivity contribution is 6.22. The van der Waals surface area contributed by atoms with E-state index >= 15 is 0 Å². The SMILES string of the molecule is C=CCN1C(=O)c2ccc(C(=O)OC3CCCCN(C(=O)c4ccc(F)cc4)C3=O)cc2C1=O. The van der Waals surface area contributed by atoms with Gasteiger partial charge in [-0.2, -0.15) is 0 Å². The highest BCUT2D eigenvalue weighted by Crippen LogP contribution is 2.25. The largest absolute Gasteiger partial charge is 0.449 e. The summed E-state index contributed by atoms with van der Waals surface area (Å²) in [6, 6.07) is 8.82. The molecule has 2 heterocycles. The quantitative estimate of drug-likeness (QED) is 0.383. The molecule has 2 aliphatic heterocycles. The lowest BCUT2D eigenvalue weighted by molar-refractivity contribution is -0.137. The second-order valence-corrected chi connectivity index (χ2v) is 7.96. The van der Waals surface area contributed by atoms with Crippen molar-refractivity contribution in [1.82, 2.24) is 9.80 Å². The second kappa shape index (κ2) is 9.38. The maximum atomic E-state index is 13.2. The third-order valence-electron chi connectivity index (χ3n) is 5.74. The number of hydrogen-bond acceptors (Lipinski definition) is 6. The summed E-state index contributed by atoms with van der Waals surface area (Å²) < 4.78 is 18.6. The number of fused-ring (bicyclic) bond motifs is 1. The summed E-state index contributed by atoms with van der Waals surface area (Å²) >= 11 is 0. The number of rotatable bonds is 5. The maximum absolute atomic E-state index is 13.2. The lowest BCUT2D eigenvalue weighted by Crippen LogP contribution is -2.43. The summed E-state index contributed by atoms with van der Waals surface area (Å²) in [5.41, 5.74) is 0.396. The molecule has 174 valence electrons. The predicted octanol–water partition coefficient (Wildman–Crippen LogP) is 2.99. The van der Waals surface area contributed by atoms with E-state index < -0.39 is 41.5 Å². The van der Waals surface area contributed by atoms with Crippen LogP contribution in [0.2, 0.25) is 0 Å². The predicted molar refractivity (Wildman–Crippen MR) is 118 cm³/mol. The number of amides is 4. The van der Waals surface area contributed by atoms with Crippen LogP contribution in [0.4, 0.5) is 4.39 Å². The van der Waals surface area contributed by atoms with Crippen molar-refractivity contribution in [3.63, 3.8) is 0 Å². The first-order valence-electron chi connectivity index (χ1n) is 10.7. The van der Waals surface area contributed by atoms with E-state index in [9.17, 15) is 28.4 Å². The Hall–Kier alpha value is -4.14. The number of carbonyl (C=O) groups is 5. The maximum Gasteiger partial charge on any atom is 0.338 e. The number of nitrogens with zero attached hydrogens (tertiary/aromatic N) is 2. The minimum absolute atomic E-state index is 0.00816. The van der Waals surface area contributed by atoms with Gasteiger partial charge in [-0.15, -0.1) is 6.58 Å². The van der Waals surface area contributed by atoms with E-state index in [0.717, 1.165) is 21.9 Å². The highest BCUT2D eigenvalue weighted by atomic mass is 19.1. The average Bonchev–Trinajstić information content (AvgIpc) is 2.95. The number of carbonyl (C=O) groups excluding carboxylic acids is 5. The van der Waals surface area contributed by atoms with Gasteiger partial charge in [-0.05, 0) is 61.7 Å². The van der Waals surface area contributed by atoms with Crippen molar-refractivity contribution in [3.8, 4) is 0 Å². The highest BCUT2D eigenvalue weighted by Gasteiger charge is 2.37. The zero-order valence-corrected chi connectivity index (χ0v) is 18.2. The van der Waals surface area contributed by atoms with Gasteiger partial charge < -0.3 is 4.74 Å². The number of halogens is 1. The van der Waals surface area contributed by atoms with Crippen LogP contribution in [0.1, 0.15) is 60.7 Å². The van der Waals surface area contributed by atoms with Gasteiger partial charge in [-0.1, -0.05) is 6.08 Å². The van der Waals surface area contributed by atoms with Crippen LogP contribution in [-0.4, -0.2) is 58.6 Å². The smallest absolute Gasteiger partial charge is 0.338 e. The van der Waals surface area contributed by atoms with E-state index in [-0.39, 0.29) is 41.8 Å². The van der Waals surface area contributed by atoms with Crippen molar-refractivity contribution in [1.29, 1.82) is 0 Å². The second-order valence-electron chi connectivity index (χ2n) is 7.96. The first-order valence-corrected chi connectivity index (χ1v) is 10.7. The number of hydrogen-bond donors (Lipinski definition) is 0. The number of likely N-dealkylation sites (tertiary alicyclic amines) is 1. The van der Waals surface area contributed by atoms with Crippen molar-refractivity contribution < 1.29 is 33.1 Å². The van der Waals surface area contributed by atoms with Gasteiger partial charge in [0.15, 0.2) is 6.10 Å². The summed E-state index contributed by atoms with van der Waals surface area (Å²) in [6.45, 7) is 3.72. The normalized spacial score (nSPS) is 17.9.